The first-order valence-electron chi connectivity index (χ1n) is 6.14. The number of benzene rings is 2. The topological polar surface area (TPSA) is 45.0 Å². The highest BCUT2D eigenvalue weighted by molar-refractivity contribution is 5.31. The summed E-state index contributed by atoms with van der Waals surface area (Å²) in [6.07, 6.45) is 0. The molecule has 2 aromatic rings. The Labute approximate surface area is 113 Å². The molecule has 0 unspecified atom stereocenters. The molecule has 0 spiro atoms. The number of nitrogens with zero attached hydrogens (tertiary/aromatic N) is 1. The fourth-order valence-corrected chi connectivity index (χ4v) is 1.85. The number of ether oxygens (including phenoxy) is 1. The van der Waals surface area contributed by atoms with Crippen LogP contribution in [0.4, 0.5) is 0 Å². The molecule has 1 atom stereocenters. The molecule has 0 aliphatic carbocycles. The van der Waals surface area contributed by atoms with Crippen LogP contribution in [0.15, 0.2) is 54.6 Å². The molecule has 3 nitrogen and oxygen atoms in total. The van der Waals surface area contributed by atoms with Crippen molar-refractivity contribution in [2.24, 2.45) is 0 Å². The summed E-state index contributed by atoms with van der Waals surface area (Å²) in [5, 5.41) is 12.5. The fraction of sp³-hybridized carbons (Fsp3) is 0.188. The molecular weight excluding hydrogens is 236 g/mol. The van der Waals surface area contributed by atoms with Crippen molar-refractivity contribution in [1.29, 1.82) is 5.26 Å². The van der Waals surface area contributed by atoms with Crippen LogP contribution >= 0.6 is 0 Å². The summed E-state index contributed by atoms with van der Waals surface area (Å²) in [7, 11) is 1.63. The average Bonchev–Trinajstić information content (AvgIpc) is 2.49. The maximum atomic E-state index is 9.24. The molecule has 0 bridgehead atoms. The van der Waals surface area contributed by atoms with Crippen molar-refractivity contribution in [3.63, 3.8) is 0 Å². The maximum absolute atomic E-state index is 9.24. The Morgan fingerprint density at radius 3 is 2.37 bits per heavy atom. The second-order valence-electron chi connectivity index (χ2n) is 4.20. The van der Waals surface area contributed by atoms with E-state index in [1.165, 1.54) is 0 Å². The Bertz CT molecular complexity index is 543. The lowest BCUT2D eigenvalue weighted by Crippen LogP contribution is -2.19. The van der Waals surface area contributed by atoms with E-state index in [9.17, 15) is 5.26 Å². The van der Waals surface area contributed by atoms with E-state index in [0.717, 1.165) is 16.9 Å². The van der Waals surface area contributed by atoms with Gasteiger partial charge in [0.15, 0.2) is 0 Å². The van der Waals surface area contributed by atoms with Crippen LogP contribution in [0.25, 0.3) is 0 Å². The molecule has 1 N–H and O–H groups in total. The fourth-order valence-electron chi connectivity index (χ4n) is 1.85. The molecule has 0 heterocycles. The monoisotopic (exact) mass is 252 g/mol. The predicted molar refractivity (Wildman–Crippen MR) is 74.6 cm³/mol. The Morgan fingerprint density at radius 2 is 1.79 bits per heavy atom. The van der Waals surface area contributed by atoms with E-state index in [1.807, 2.05) is 54.6 Å². The van der Waals surface area contributed by atoms with Crippen molar-refractivity contribution in [3.8, 4) is 11.8 Å². The molecule has 0 saturated heterocycles. The standard InChI is InChI=1S/C16H16N2O/c1-19-15-9-7-14(8-10-15)16(11-17)18-12-13-5-3-2-4-6-13/h2-10,16,18H,12H2,1H3/t16-/m0/s1. The van der Waals surface area contributed by atoms with E-state index in [2.05, 4.69) is 11.4 Å². The first-order valence-corrected chi connectivity index (χ1v) is 6.14. The van der Waals surface area contributed by atoms with E-state index in [4.69, 9.17) is 4.74 Å². The van der Waals surface area contributed by atoms with Gasteiger partial charge in [-0.1, -0.05) is 42.5 Å². The van der Waals surface area contributed by atoms with Crippen molar-refractivity contribution < 1.29 is 4.74 Å². The number of rotatable bonds is 5. The van der Waals surface area contributed by atoms with Crippen molar-refractivity contribution in [1.82, 2.24) is 5.32 Å². The highest BCUT2D eigenvalue weighted by Gasteiger charge is 2.09. The van der Waals surface area contributed by atoms with Crippen LogP contribution in [0.5, 0.6) is 5.75 Å². The largest absolute Gasteiger partial charge is 0.497 e. The molecule has 96 valence electrons. The van der Waals surface area contributed by atoms with Crippen LogP contribution < -0.4 is 10.1 Å². The molecule has 0 fully saturated rings. The van der Waals surface area contributed by atoms with Crippen LogP contribution in [0, 0.1) is 11.3 Å². The molecule has 0 aliphatic heterocycles. The van der Waals surface area contributed by atoms with Gasteiger partial charge in [-0.05, 0) is 23.3 Å². The summed E-state index contributed by atoms with van der Waals surface area (Å²) >= 11 is 0. The van der Waals surface area contributed by atoms with Gasteiger partial charge in [0, 0.05) is 6.54 Å². The molecule has 0 amide bonds. The average molecular weight is 252 g/mol. The van der Waals surface area contributed by atoms with Crippen molar-refractivity contribution in [3.05, 3.63) is 65.7 Å². The van der Waals surface area contributed by atoms with Crippen LogP contribution in [-0.2, 0) is 6.54 Å². The lowest BCUT2D eigenvalue weighted by atomic mass is 10.1. The zero-order chi connectivity index (χ0) is 13.5. The van der Waals surface area contributed by atoms with Gasteiger partial charge >= 0.3 is 0 Å². The number of nitriles is 1. The summed E-state index contributed by atoms with van der Waals surface area (Å²) in [6.45, 7) is 0.672. The van der Waals surface area contributed by atoms with Crippen LogP contribution in [0.1, 0.15) is 17.2 Å². The molecule has 0 radical (unpaired) electrons. The van der Waals surface area contributed by atoms with Gasteiger partial charge in [0.1, 0.15) is 11.8 Å². The van der Waals surface area contributed by atoms with E-state index in [0.29, 0.717) is 6.54 Å². The molecule has 2 rings (SSSR count). The van der Waals surface area contributed by atoms with Crippen molar-refractivity contribution in [2.75, 3.05) is 7.11 Å². The van der Waals surface area contributed by atoms with Crippen molar-refractivity contribution >= 4 is 0 Å². The normalized spacial score (nSPS) is 11.6. The summed E-state index contributed by atoms with van der Waals surface area (Å²) in [4.78, 5) is 0. The molecule has 19 heavy (non-hydrogen) atoms. The zero-order valence-corrected chi connectivity index (χ0v) is 10.8. The van der Waals surface area contributed by atoms with Gasteiger partial charge in [-0.15, -0.1) is 0 Å². The summed E-state index contributed by atoms with van der Waals surface area (Å²) in [5.74, 6) is 0.795. The lowest BCUT2D eigenvalue weighted by Gasteiger charge is -2.12. The molecule has 0 saturated carbocycles. The minimum absolute atomic E-state index is 0.314. The third-order valence-corrected chi connectivity index (χ3v) is 2.93. The third-order valence-electron chi connectivity index (χ3n) is 2.93. The van der Waals surface area contributed by atoms with E-state index >= 15 is 0 Å². The lowest BCUT2D eigenvalue weighted by molar-refractivity contribution is 0.414. The van der Waals surface area contributed by atoms with Crippen LogP contribution in [0.2, 0.25) is 0 Å². The van der Waals surface area contributed by atoms with Crippen LogP contribution in [0.3, 0.4) is 0 Å². The Balaban J connectivity index is 2.02. The molecular formula is C16H16N2O. The van der Waals surface area contributed by atoms with Gasteiger partial charge in [-0.25, -0.2) is 0 Å². The van der Waals surface area contributed by atoms with Gasteiger partial charge in [0.05, 0.1) is 13.2 Å². The predicted octanol–water partition coefficient (Wildman–Crippen LogP) is 3.05. The maximum Gasteiger partial charge on any atom is 0.121 e. The quantitative estimate of drug-likeness (QED) is 0.889. The molecule has 0 aliphatic rings. The molecule has 2 aromatic carbocycles. The molecule has 3 heteroatoms. The Morgan fingerprint density at radius 1 is 1.11 bits per heavy atom. The number of hydrogen-bond donors (Lipinski definition) is 1. The second-order valence-corrected chi connectivity index (χ2v) is 4.20. The minimum Gasteiger partial charge on any atom is -0.497 e. The van der Waals surface area contributed by atoms with Gasteiger partial charge in [-0.2, -0.15) is 5.26 Å². The first-order chi connectivity index (χ1) is 9.33. The van der Waals surface area contributed by atoms with E-state index < -0.39 is 0 Å². The first kappa shape index (κ1) is 13.1. The highest BCUT2D eigenvalue weighted by atomic mass is 16.5. The summed E-state index contributed by atoms with van der Waals surface area (Å²) in [6, 6.07) is 19.5. The second kappa shape index (κ2) is 6.58. The summed E-state index contributed by atoms with van der Waals surface area (Å²) in [5.41, 5.74) is 2.11. The zero-order valence-electron chi connectivity index (χ0n) is 10.8. The van der Waals surface area contributed by atoms with Crippen molar-refractivity contribution in [2.45, 2.75) is 12.6 Å². The van der Waals surface area contributed by atoms with Crippen LogP contribution in [-0.4, -0.2) is 7.11 Å². The van der Waals surface area contributed by atoms with Gasteiger partial charge in [0.25, 0.3) is 0 Å². The van der Waals surface area contributed by atoms with E-state index in [-0.39, 0.29) is 6.04 Å². The Kier molecular flexibility index (Phi) is 4.54. The Hall–Kier alpha value is -2.31. The van der Waals surface area contributed by atoms with Gasteiger partial charge in [-0.3, -0.25) is 5.32 Å². The smallest absolute Gasteiger partial charge is 0.121 e. The number of nitrogens with one attached hydrogen (secondary N) is 1. The van der Waals surface area contributed by atoms with Gasteiger partial charge in [0.2, 0.25) is 0 Å². The summed E-state index contributed by atoms with van der Waals surface area (Å²) < 4.78 is 5.11. The highest BCUT2D eigenvalue weighted by Crippen LogP contribution is 2.17. The number of methoxy groups -OCH3 is 1. The van der Waals surface area contributed by atoms with Gasteiger partial charge < -0.3 is 4.74 Å². The number of hydrogen-bond acceptors (Lipinski definition) is 3. The van der Waals surface area contributed by atoms with E-state index in [1.54, 1.807) is 7.11 Å². The molecule has 0 aromatic heterocycles. The SMILES string of the molecule is COc1ccc([C@H](C#N)NCc2ccccc2)cc1. The minimum atomic E-state index is -0.314. The third kappa shape index (κ3) is 3.57.